The molecule has 1 amide bonds. The standard InChI is InChI=1S/C20H23N3O2S2/c1-4-14-7-5-6-8-15(14)21-17(24)12-27-20-22-16-9-10-26-18(16)19(25)23(20)11-13(2)3/h5-10,13H,4,11-12H2,1-3H3,(H,21,24). The summed E-state index contributed by atoms with van der Waals surface area (Å²) in [5.41, 5.74) is 2.61. The topological polar surface area (TPSA) is 64.0 Å². The molecule has 7 heteroatoms. The first-order valence-corrected chi connectivity index (χ1v) is 10.8. The lowest BCUT2D eigenvalue weighted by molar-refractivity contribution is -0.113. The van der Waals surface area contributed by atoms with Gasteiger partial charge in [0.15, 0.2) is 5.16 Å². The van der Waals surface area contributed by atoms with Gasteiger partial charge in [0.2, 0.25) is 5.91 Å². The summed E-state index contributed by atoms with van der Waals surface area (Å²) < 4.78 is 2.36. The van der Waals surface area contributed by atoms with Crippen LogP contribution in [0.15, 0.2) is 45.7 Å². The van der Waals surface area contributed by atoms with Crippen LogP contribution in [-0.4, -0.2) is 21.2 Å². The number of para-hydroxylation sites is 1. The number of aromatic nitrogens is 2. The van der Waals surface area contributed by atoms with Gasteiger partial charge in [-0.25, -0.2) is 4.98 Å². The molecule has 2 aromatic heterocycles. The Balaban J connectivity index is 1.79. The van der Waals surface area contributed by atoms with Crippen molar-refractivity contribution in [3.63, 3.8) is 0 Å². The zero-order chi connectivity index (χ0) is 19.4. The predicted octanol–water partition coefficient (Wildman–Crippen LogP) is 4.41. The largest absolute Gasteiger partial charge is 0.325 e. The Labute approximate surface area is 166 Å². The van der Waals surface area contributed by atoms with E-state index in [0.29, 0.717) is 27.8 Å². The van der Waals surface area contributed by atoms with E-state index >= 15 is 0 Å². The number of thioether (sulfide) groups is 1. The molecule has 0 saturated heterocycles. The third-order valence-electron chi connectivity index (χ3n) is 4.08. The Hall–Kier alpha value is -2.12. The summed E-state index contributed by atoms with van der Waals surface area (Å²) in [4.78, 5) is 29.8. The number of hydrogen-bond donors (Lipinski definition) is 1. The van der Waals surface area contributed by atoms with Crippen LogP contribution in [-0.2, 0) is 17.8 Å². The van der Waals surface area contributed by atoms with E-state index in [1.54, 1.807) is 4.57 Å². The van der Waals surface area contributed by atoms with E-state index in [4.69, 9.17) is 0 Å². The lowest BCUT2D eigenvalue weighted by Gasteiger charge is -2.14. The number of carbonyl (C=O) groups is 1. The molecule has 0 unspecified atom stereocenters. The van der Waals surface area contributed by atoms with Gasteiger partial charge in [-0.15, -0.1) is 11.3 Å². The number of fused-ring (bicyclic) bond motifs is 1. The Morgan fingerprint density at radius 1 is 1.30 bits per heavy atom. The molecule has 142 valence electrons. The molecule has 0 aliphatic carbocycles. The van der Waals surface area contributed by atoms with Crippen molar-refractivity contribution >= 4 is 44.9 Å². The number of amides is 1. The molecule has 0 saturated carbocycles. The van der Waals surface area contributed by atoms with Gasteiger partial charge in [0, 0.05) is 12.2 Å². The quantitative estimate of drug-likeness (QED) is 0.471. The van der Waals surface area contributed by atoms with Crippen LogP contribution in [0.5, 0.6) is 0 Å². The minimum atomic E-state index is -0.100. The minimum Gasteiger partial charge on any atom is -0.325 e. The van der Waals surface area contributed by atoms with Crippen LogP contribution in [0, 0.1) is 5.92 Å². The maximum atomic E-state index is 12.8. The van der Waals surface area contributed by atoms with Gasteiger partial charge in [-0.2, -0.15) is 0 Å². The second-order valence-electron chi connectivity index (χ2n) is 6.69. The molecule has 0 spiro atoms. The van der Waals surface area contributed by atoms with Crippen molar-refractivity contribution in [2.45, 2.75) is 38.9 Å². The van der Waals surface area contributed by atoms with Gasteiger partial charge in [0.25, 0.3) is 5.56 Å². The molecule has 0 bridgehead atoms. The van der Waals surface area contributed by atoms with Crippen LogP contribution in [0.2, 0.25) is 0 Å². The van der Waals surface area contributed by atoms with Gasteiger partial charge < -0.3 is 5.32 Å². The third kappa shape index (κ3) is 4.59. The van der Waals surface area contributed by atoms with Crippen molar-refractivity contribution < 1.29 is 4.79 Å². The molecular weight excluding hydrogens is 378 g/mol. The van der Waals surface area contributed by atoms with Gasteiger partial charge in [-0.05, 0) is 35.4 Å². The van der Waals surface area contributed by atoms with Crippen LogP contribution in [0.4, 0.5) is 5.69 Å². The minimum absolute atomic E-state index is 0.0251. The zero-order valence-corrected chi connectivity index (χ0v) is 17.3. The highest BCUT2D eigenvalue weighted by Gasteiger charge is 2.15. The van der Waals surface area contributed by atoms with E-state index < -0.39 is 0 Å². The average Bonchev–Trinajstić information content (AvgIpc) is 3.11. The summed E-state index contributed by atoms with van der Waals surface area (Å²) in [6, 6.07) is 9.64. The third-order valence-corrected chi connectivity index (χ3v) is 5.95. The molecule has 5 nitrogen and oxygen atoms in total. The summed E-state index contributed by atoms with van der Waals surface area (Å²) >= 11 is 2.72. The maximum absolute atomic E-state index is 12.8. The fourth-order valence-electron chi connectivity index (χ4n) is 2.83. The molecule has 0 aliphatic rings. The van der Waals surface area contributed by atoms with Crippen molar-refractivity contribution in [2.24, 2.45) is 5.92 Å². The van der Waals surface area contributed by atoms with Crippen molar-refractivity contribution in [1.29, 1.82) is 0 Å². The van der Waals surface area contributed by atoms with Gasteiger partial charge in [0.1, 0.15) is 4.70 Å². The number of nitrogens with zero attached hydrogens (tertiary/aromatic N) is 2. The molecule has 2 heterocycles. The van der Waals surface area contributed by atoms with Crippen LogP contribution >= 0.6 is 23.1 Å². The Morgan fingerprint density at radius 2 is 2.07 bits per heavy atom. The summed E-state index contributed by atoms with van der Waals surface area (Å²) in [5.74, 6) is 0.418. The van der Waals surface area contributed by atoms with E-state index in [1.807, 2.05) is 35.7 Å². The van der Waals surface area contributed by atoms with Gasteiger partial charge >= 0.3 is 0 Å². The first-order valence-electron chi connectivity index (χ1n) is 8.98. The van der Waals surface area contributed by atoms with Gasteiger partial charge in [-0.1, -0.05) is 50.7 Å². The molecule has 0 atom stereocenters. The monoisotopic (exact) mass is 401 g/mol. The van der Waals surface area contributed by atoms with E-state index in [0.717, 1.165) is 17.7 Å². The lowest BCUT2D eigenvalue weighted by Crippen LogP contribution is -2.25. The molecule has 1 N–H and O–H groups in total. The maximum Gasteiger partial charge on any atom is 0.272 e. The number of anilines is 1. The highest BCUT2D eigenvalue weighted by Crippen LogP contribution is 2.22. The van der Waals surface area contributed by atoms with E-state index in [1.165, 1.54) is 23.1 Å². The second-order valence-corrected chi connectivity index (χ2v) is 8.55. The van der Waals surface area contributed by atoms with Crippen LogP contribution in [0.3, 0.4) is 0 Å². The summed E-state index contributed by atoms with van der Waals surface area (Å²) in [5, 5.41) is 5.44. The second kappa shape index (κ2) is 8.71. The SMILES string of the molecule is CCc1ccccc1NC(=O)CSc1nc2ccsc2c(=O)n1CC(C)C. The Morgan fingerprint density at radius 3 is 2.81 bits per heavy atom. The van der Waals surface area contributed by atoms with Crippen molar-refractivity contribution in [2.75, 3.05) is 11.1 Å². The number of hydrogen-bond acceptors (Lipinski definition) is 5. The molecular formula is C20H23N3O2S2. The zero-order valence-electron chi connectivity index (χ0n) is 15.7. The number of aryl methyl sites for hydroxylation is 1. The molecule has 0 fully saturated rings. The lowest BCUT2D eigenvalue weighted by atomic mass is 10.1. The molecule has 1 aromatic carbocycles. The number of benzene rings is 1. The number of carbonyl (C=O) groups excluding carboxylic acids is 1. The van der Waals surface area contributed by atoms with Crippen LogP contribution in [0.25, 0.3) is 10.2 Å². The molecule has 0 radical (unpaired) electrons. The van der Waals surface area contributed by atoms with Crippen LogP contribution in [0.1, 0.15) is 26.3 Å². The summed E-state index contributed by atoms with van der Waals surface area (Å²) in [7, 11) is 0. The number of nitrogens with one attached hydrogen (secondary N) is 1. The average molecular weight is 402 g/mol. The Kier molecular flexibility index (Phi) is 6.34. The summed E-state index contributed by atoms with van der Waals surface area (Å²) in [6.07, 6.45) is 0.855. The summed E-state index contributed by atoms with van der Waals surface area (Å²) in [6.45, 7) is 6.77. The van der Waals surface area contributed by atoms with E-state index in [9.17, 15) is 9.59 Å². The number of rotatable bonds is 7. The number of thiophene rings is 1. The fourth-order valence-corrected chi connectivity index (χ4v) is 4.41. The van der Waals surface area contributed by atoms with Crippen molar-refractivity contribution in [1.82, 2.24) is 9.55 Å². The molecule has 3 aromatic rings. The normalized spacial score (nSPS) is 11.3. The predicted molar refractivity (Wildman–Crippen MR) is 114 cm³/mol. The van der Waals surface area contributed by atoms with Crippen molar-refractivity contribution in [3.05, 3.63) is 51.6 Å². The highest BCUT2D eigenvalue weighted by molar-refractivity contribution is 7.99. The highest BCUT2D eigenvalue weighted by atomic mass is 32.2. The molecule has 27 heavy (non-hydrogen) atoms. The first kappa shape index (κ1) is 19.6. The van der Waals surface area contributed by atoms with E-state index in [2.05, 4.69) is 31.1 Å². The first-order chi connectivity index (χ1) is 13.0. The fraction of sp³-hybridized carbons (Fsp3) is 0.350. The molecule has 3 rings (SSSR count). The molecule has 0 aliphatic heterocycles. The smallest absolute Gasteiger partial charge is 0.272 e. The van der Waals surface area contributed by atoms with Crippen LogP contribution < -0.4 is 10.9 Å². The van der Waals surface area contributed by atoms with Crippen molar-refractivity contribution in [3.8, 4) is 0 Å². The van der Waals surface area contributed by atoms with Gasteiger partial charge in [0.05, 0.1) is 11.3 Å². The van der Waals surface area contributed by atoms with E-state index in [-0.39, 0.29) is 17.2 Å². The van der Waals surface area contributed by atoms with Gasteiger partial charge in [-0.3, -0.25) is 14.2 Å². The Bertz CT molecular complexity index is 1010.